The second kappa shape index (κ2) is 8.36. The van der Waals surface area contributed by atoms with Crippen molar-refractivity contribution in [2.24, 2.45) is 0 Å². The summed E-state index contributed by atoms with van der Waals surface area (Å²) in [5.74, 6) is -0.703. The van der Waals surface area contributed by atoms with Gasteiger partial charge in [0.05, 0.1) is 17.2 Å². The zero-order valence-electron chi connectivity index (χ0n) is 18.4. The van der Waals surface area contributed by atoms with Gasteiger partial charge < -0.3 is 4.74 Å². The van der Waals surface area contributed by atoms with Crippen LogP contribution in [0.2, 0.25) is 0 Å². The Morgan fingerprint density at radius 2 is 1.91 bits per heavy atom. The van der Waals surface area contributed by atoms with E-state index in [-0.39, 0.29) is 28.8 Å². The van der Waals surface area contributed by atoms with Crippen LogP contribution in [0.1, 0.15) is 48.4 Å². The highest BCUT2D eigenvalue weighted by Crippen LogP contribution is 2.39. The quantitative estimate of drug-likeness (QED) is 0.443. The number of hydrogen-bond acceptors (Lipinski definition) is 5. The molecule has 0 radical (unpaired) electrons. The summed E-state index contributed by atoms with van der Waals surface area (Å²) in [6.07, 6.45) is 6.28. The van der Waals surface area contributed by atoms with Gasteiger partial charge in [-0.2, -0.15) is 0 Å². The smallest absolute Gasteiger partial charge is 0.261 e. The number of fused-ring (bicyclic) bond motifs is 2. The summed E-state index contributed by atoms with van der Waals surface area (Å²) in [6, 6.07) is 9.07. The first-order valence-electron chi connectivity index (χ1n) is 11.5. The maximum Gasteiger partial charge on any atom is 0.261 e. The Morgan fingerprint density at radius 3 is 2.74 bits per heavy atom. The Bertz CT molecular complexity index is 1460. The minimum atomic E-state index is -0.727. The van der Waals surface area contributed by atoms with E-state index in [1.807, 2.05) is 12.1 Å². The molecule has 34 heavy (non-hydrogen) atoms. The van der Waals surface area contributed by atoms with Crippen molar-refractivity contribution in [3.8, 4) is 11.3 Å². The van der Waals surface area contributed by atoms with Crippen LogP contribution >= 0.6 is 0 Å². The van der Waals surface area contributed by atoms with Gasteiger partial charge in [-0.1, -0.05) is 0 Å². The van der Waals surface area contributed by atoms with E-state index in [1.54, 1.807) is 23.0 Å². The van der Waals surface area contributed by atoms with Crippen molar-refractivity contribution >= 4 is 10.9 Å². The van der Waals surface area contributed by atoms with Crippen LogP contribution in [-0.2, 0) is 17.7 Å². The molecule has 0 spiro atoms. The topological polar surface area (TPSA) is 69.9 Å². The molecular weight excluding hydrogens is 438 g/mol. The zero-order valence-corrected chi connectivity index (χ0v) is 18.4. The van der Waals surface area contributed by atoms with Gasteiger partial charge in [0, 0.05) is 55.2 Å². The van der Waals surface area contributed by atoms with Crippen molar-refractivity contribution in [3.05, 3.63) is 87.9 Å². The molecule has 1 fully saturated rings. The molecule has 6 rings (SSSR count). The van der Waals surface area contributed by atoms with Gasteiger partial charge in [-0.25, -0.2) is 13.8 Å². The molecular formula is C26H22F2N4O2. The molecule has 1 aromatic carbocycles. The van der Waals surface area contributed by atoms with Crippen LogP contribution < -0.4 is 5.56 Å². The number of nitrogens with zero attached hydrogens (tertiary/aromatic N) is 4. The molecule has 6 nitrogen and oxygen atoms in total. The predicted molar refractivity (Wildman–Crippen MR) is 122 cm³/mol. The number of hydrogen-bond donors (Lipinski definition) is 0. The Kier molecular flexibility index (Phi) is 5.17. The lowest BCUT2D eigenvalue weighted by Gasteiger charge is -2.30. The van der Waals surface area contributed by atoms with E-state index in [1.165, 1.54) is 12.1 Å². The third kappa shape index (κ3) is 3.58. The standard InChI is InChI=1S/C26H22F2N4O2/c27-17-3-4-18(20(28)13-17)24-25-19(26(33)32-10-1-2-23(32)31-25)14-21(30-24)16-7-11-34-22(12-16)15-5-8-29-9-6-15/h3-6,8-9,13-14,16,22H,1-2,7,10-12H2. The summed E-state index contributed by atoms with van der Waals surface area (Å²) in [4.78, 5) is 27.0. The number of pyridine rings is 2. The van der Waals surface area contributed by atoms with Gasteiger partial charge in [0.15, 0.2) is 0 Å². The summed E-state index contributed by atoms with van der Waals surface area (Å²) < 4.78 is 36.2. The van der Waals surface area contributed by atoms with Crippen LogP contribution in [0.3, 0.4) is 0 Å². The summed E-state index contributed by atoms with van der Waals surface area (Å²) in [5, 5.41) is 0.418. The molecule has 0 aliphatic carbocycles. The van der Waals surface area contributed by atoms with Gasteiger partial charge in [0.2, 0.25) is 0 Å². The molecule has 2 atom stereocenters. The molecule has 2 unspecified atom stereocenters. The molecule has 0 saturated carbocycles. The monoisotopic (exact) mass is 460 g/mol. The number of rotatable bonds is 3. The van der Waals surface area contributed by atoms with Crippen LogP contribution in [0.15, 0.2) is 53.6 Å². The van der Waals surface area contributed by atoms with Crippen molar-refractivity contribution < 1.29 is 13.5 Å². The molecule has 5 heterocycles. The predicted octanol–water partition coefficient (Wildman–Crippen LogP) is 4.71. The Balaban J connectivity index is 1.52. The second-order valence-electron chi connectivity index (χ2n) is 8.87. The van der Waals surface area contributed by atoms with Gasteiger partial charge in [-0.3, -0.25) is 19.3 Å². The van der Waals surface area contributed by atoms with E-state index in [0.717, 1.165) is 24.5 Å². The highest BCUT2D eigenvalue weighted by atomic mass is 19.1. The van der Waals surface area contributed by atoms with Crippen LogP contribution in [0.25, 0.3) is 22.2 Å². The highest BCUT2D eigenvalue weighted by molar-refractivity contribution is 5.91. The zero-order chi connectivity index (χ0) is 23.2. The average molecular weight is 460 g/mol. The van der Waals surface area contributed by atoms with Gasteiger partial charge in [0.1, 0.15) is 23.0 Å². The van der Waals surface area contributed by atoms with E-state index in [4.69, 9.17) is 14.7 Å². The first-order chi connectivity index (χ1) is 16.6. The molecule has 4 aromatic rings. The van der Waals surface area contributed by atoms with Crippen LogP contribution in [0.4, 0.5) is 8.78 Å². The van der Waals surface area contributed by atoms with Crippen molar-refractivity contribution in [2.45, 2.75) is 44.2 Å². The van der Waals surface area contributed by atoms with Gasteiger partial charge in [-0.15, -0.1) is 0 Å². The molecule has 0 N–H and O–H groups in total. The number of halogens is 2. The fraction of sp³-hybridized carbons (Fsp3) is 0.308. The number of ether oxygens (including phenoxy) is 1. The van der Waals surface area contributed by atoms with Gasteiger partial charge >= 0.3 is 0 Å². The Labute approximate surface area is 194 Å². The summed E-state index contributed by atoms with van der Waals surface area (Å²) in [7, 11) is 0. The fourth-order valence-electron chi connectivity index (χ4n) is 5.06. The lowest BCUT2D eigenvalue weighted by atomic mass is 9.88. The van der Waals surface area contributed by atoms with E-state index in [2.05, 4.69) is 4.98 Å². The Morgan fingerprint density at radius 1 is 1.06 bits per heavy atom. The van der Waals surface area contributed by atoms with Crippen molar-refractivity contribution in [1.29, 1.82) is 0 Å². The second-order valence-corrected chi connectivity index (χ2v) is 8.87. The molecule has 0 bridgehead atoms. The normalized spacial score (nSPS) is 19.9. The lowest BCUT2D eigenvalue weighted by Crippen LogP contribution is -2.23. The molecule has 2 aliphatic rings. The van der Waals surface area contributed by atoms with Crippen molar-refractivity contribution in [3.63, 3.8) is 0 Å². The van der Waals surface area contributed by atoms with E-state index in [0.29, 0.717) is 48.4 Å². The van der Waals surface area contributed by atoms with Gasteiger partial charge in [0.25, 0.3) is 5.56 Å². The maximum absolute atomic E-state index is 14.9. The molecule has 8 heteroatoms. The summed E-state index contributed by atoms with van der Waals surface area (Å²) >= 11 is 0. The fourth-order valence-corrected chi connectivity index (χ4v) is 5.06. The summed E-state index contributed by atoms with van der Waals surface area (Å²) in [6.45, 7) is 1.16. The highest BCUT2D eigenvalue weighted by Gasteiger charge is 2.29. The minimum absolute atomic E-state index is 0.0104. The molecule has 2 aliphatic heterocycles. The molecule has 3 aromatic heterocycles. The first-order valence-corrected chi connectivity index (χ1v) is 11.5. The molecule has 172 valence electrons. The number of aryl methyl sites for hydroxylation is 1. The SMILES string of the molecule is O=c1c2cc(C3CCOC(c4ccncc4)C3)nc(-c3ccc(F)cc3F)c2nc2n1CCC2. The van der Waals surface area contributed by atoms with Crippen molar-refractivity contribution in [2.75, 3.05) is 6.61 Å². The Hall–Kier alpha value is -3.52. The molecule has 0 amide bonds. The van der Waals surface area contributed by atoms with E-state index >= 15 is 0 Å². The third-order valence-electron chi connectivity index (χ3n) is 6.79. The largest absolute Gasteiger partial charge is 0.373 e. The molecule has 1 saturated heterocycles. The third-order valence-corrected chi connectivity index (χ3v) is 6.79. The summed E-state index contributed by atoms with van der Waals surface area (Å²) in [5.41, 5.74) is 2.38. The average Bonchev–Trinajstić information content (AvgIpc) is 3.34. The van der Waals surface area contributed by atoms with E-state index < -0.39 is 11.6 Å². The van der Waals surface area contributed by atoms with E-state index in [9.17, 15) is 13.6 Å². The van der Waals surface area contributed by atoms with Crippen LogP contribution in [0, 0.1) is 11.6 Å². The number of benzene rings is 1. The number of aromatic nitrogens is 4. The maximum atomic E-state index is 14.9. The lowest BCUT2D eigenvalue weighted by molar-refractivity contribution is 0.00463. The first kappa shape index (κ1) is 21.0. The van der Waals surface area contributed by atoms with Crippen LogP contribution in [-0.4, -0.2) is 26.1 Å². The van der Waals surface area contributed by atoms with Crippen LogP contribution in [0.5, 0.6) is 0 Å². The van der Waals surface area contributed by atoms with Gasteiger partial charge in [-0.05, 0) is 55.2 Å². The minimum Gasteiger partial charge on any atom is -0.373 e. The van der Waals surface area contributed by atoms with Crippen molar-refractivity contribution in [1.82, 2.24) is 19.5 Å².